The van der Waals surface area contributed by atoms with Crippen molar-refractivity contribution in [3.05, 3.63) is 0 Å². The Balaban J connectivity index is 1.74. The Labute approximate surface area is 113 Å². The molecule has 3 aliphatic rings. The van der Waals surface area contributed by atoms with Crippen LogP contribution >= 0.6 is 0 Å². The summed E-state index contributed by atoms with van der Waals surface area (Å²) >= 11 is 0. The summed E-state index contributed by atoms with van der Waals surface area (Å²) in [6, 6.07) is 0.309. The highest BCUT2D eigenvalue weighted by Crippen LogP contribution is 2.37. The van der Waals surface area contributed by atoms with Gasteiger partial charge in [-0.2, -0.15) is 0 Å². The van der Waals surface area contributed by atoms with Crippen LogP contribution in [0.3, 0.4) is 0 Å². The molecule has 2 aliphatic heterocycles. The van der Waals surface area contributed by atoms with Crippen LogP contribution < -0.4 is 0 Å². The topological polar surface area (TPSA) is 49.9 Å². The lowest BCUT2D eigenvalue weighted by Crippen LogP contribution is -2.60. The van der Waals surface area contributed by atoms with Gasteiger partial charge in [0.1, 0.15) is 11.6 Å². The highest BCUT2D eigenvalue weighted by molar-refractivity contribution is 5.88. The van der Waals surface area contributed by atoms with E-state index in [1.807, 2.05) is 25.7 Å². The number of piperazine rings is 1. The zero-order valence-corrected chi connectivity index (χ0v) is 11.9. The first kappa shape index (κ1) is 12.8. The summed E-state index contributed by atoms with van der Waals surface area (Å²) in [5.74, 6) is 0.127. The van der Waals surface area contributed by atoms with Crippen molar-refractivity contribution >= 4 is 12.0 Å². The van der Waals surface area contributed by atoms with Crippen molar-refractivity contribution < 1.29 is 14.3 Å². The molecule has 0 spiro atoms. The second-order valence-electron chi connectivity index (χ2n) is 6.86. The Morgan fingerprint density at radius 3 is 2.37 bits per heavy atom. The zero-order valence-electron chi connectivity index (χ0n) is 11.9. The number of carbonyl (C=O) groups excluding carboxylic acids is 2. The van der Waals surface area contributed by atoms with Crippen molar-refractivity contribution in [3.8, 4) is 0 Å². The van der Waals surface area contributed by atoms with Gasteiger partial charge in [0.25, 0.3) is 0 Å². The molecule has 0 aromatic carbocycles. The van der Waals surface area contributed by atoms with Crippen LogP contribution in [-0.4, -0.2) is 52.1 Å². The molecule has 106 valence electrons. The number of nitrogens with zero attached hydrogens (tertiary/aromatic N) is 2. The fourth-order valence-electron chi connectivity index (χ4n) is 3.12. The van der Waals surface area contributed by atoms with E-state index in [2.05, 4.69) is 0 Å². The molecule has 0 N–H and O–H groups in total. The van der Waals surface area contributed by atoms with E-state index < -0.39 is 5.60 Å². The largest absolute Gasteiger partial charge is 0.444 e. The van der Waals surface area contributed by atoms with Crippen LogP contribution in [-0.2, 0) is 9.53 Å². The average Bonchev–Trinajstić information content (AvgIpc) is 3.04. The predicted molar refractivity (Wildman–Crippen MR) is 69.6 cm³/mol. The Kier molecular flexibility index (Phi) is 2.76. The lowest BCUT2D eigenvalue weighted by molar-refractivity contribution is -0.141. The van der Waals surface area contributed by atoms with Gasteiger partial charge in [-0.15, -0.1) is 0 Å². The number of likely N-dealkylation sites (tertiary alicyclic amines) is 1. The smallest absolute Gasteiger partial charge is 0.411 e. The van der Waals surface area contributed by atoms with E-state index in [0.29, 0.717) is 12.6 Å². The van der Waals surface area contributed by atoms with Crippen LogP contribution in [0.15, 0.2) is 0 Å². The molecule has 0 radical (unpaired) electrons. The number of carbonyl (C=O) groups is 2. The zero-order chi connectivity index (χ0) is 13.8. The molecular formula is C14H22N2O3. The van der Waals surface area contributed by atoms with Crippen LogP contribution in [0.25, 0.3) is 0 Å². The van der Waals surface area contributed by atoms with E-state index >= 15 is 0 Å². The van der Waals surface area contributed by atoms with Gasteiger partial charge in [0.15, 0.2) is 0 Å². The quantitative estimate of drug-likeness (QED) is 0.726. The van der Waals surface area contributed by atoms with E-state index in [-0.39, 0.29) is 24.1 Å². The molecule has 1 aliphatic carbocycles. The minimum absolute atomic E-state index is 0.127. The van der Waals surface area contributed by atoms with Crippen molar-refractivity contribution in [2.45, 2.75) is 70.2 Å². The van der Waals surface area contributed by atoms with Crippen molar-refractivity contribution in [3.63, 3.8) is 0 Å². The molecule has 2 bridgehead atoms. The molecule has 2 amide bonds. The van der Waals surface area contributed by atoms with Crippen LogP contribution in [0.1, 0.15) is 46.5 Å². The third-order valence-electron chi connectivity index (χ3n) is 4.07. The Morgan fingerprint density at radius 2 is 1.79 bits per heavy atom. The highest BCUT2D eigenvalue weighted by atomic mass is 16.6. The Morgan fingerprint density at radius 1 is 1.16 bits per heavy atom. The van der Waals surface area contributed by atoms with Crippen molar-refractivity contribution in [1.29, 1.82) is 0 Å². The standard InChI is InChI=1S/C14H22N2O3/c1-14(2,3)19-13(18)16-10-6-7-11(16)12(17)15(8-10)9-4-5-9/h9-11H,4-8H2,1-3H3. The first-order valence-corrected chi connectivity index (χ1v) is 7.18. The number of hydrogen-bond acceptors (Lipinski definition) is 3. The minimum atomic E-state index is -0.507. The van der Waals surface area contributed by atoms with Gasteiger partial charge >= 0.3 is 6.09 Å². The number of rotatable bonds is 1. The van der Waals surface area contributed by atoms with Gasteiger partial charge in [0, 0.05) is 12.6 Å². The Bertz CT molecular complexity index is 411. The summed E-state index contributed by atoms with van der Waals surface area (Å²) in [7, 11) is 0. The average molecular weight is 266 g/mol. The molecule has 0 aromatic heterocycles. The van der Waals surface area contributed by atoms with Gasteiger partial charge in [-0.25, -0.2) is 4.79 Å². The summed E-state index contributed by atoms with van der Waals surface area (Å²) in [5, 5.41) is 0. The molecule has 2 unspecified atom stereocenters. The third kappa shape index (κ3) is 2.30. The molecule has 2 saturated heterocycles. The molecule has 3 fully saturated rings. The number of hydrogen-bond donors (Lipinski definition) is 0. The lowest BCUT2D eigenvalue weighted by Gasteiger charge is -2.40. The molecular weight excluding hydrogens is 244 g/mol. The van der Waals surface area contributed by atoms with Gasteiger partial charge in [-0.1, -0.05) is 0 Å². The first-order valence-electron chi connectivity index (χ1n) is 7.18. The van der Waals surface area contributed by atoms with Gasteiger partial charge in [0.2, 0.25) is 5.91 Å². The maximum Gasteiger partial charge on any atom is 0.411 e. The third-order valence-corrected chi connectivity index (χ3v) is 4.07. The highest BCUT2D eigenvalue weighted by Gasteiger charge is 2.51. The summed E-state index contributed by atoms with van der Waals surface area (Å²) in [6.07, 6.45) is 3.61. The van der Waals surface area contributed by atoms with E-state index in [4.69, 9.17) is 4.74 Å². The van der Waals surface area contributed by atoms with Gasteiger partial charge in [-0.05, 0) is 46.5 Å². The maximum absolute atomic E-state index is 12.4. The second kappa shape index (κ2) is 4.12. The van der Waals surface area contributed by atoms with Crippen molar-refractivity contribution in [2.24, 2.45) is 0 Å². The lowest BCUT2D eigenvalue weighted by atomic mass is 10.1. The molecule has 1 saturated carbocycles. The van der Waals surface area contributed by atoms with Crippen molar-refractivity contribution in [1.82, 2.24) is 9.80 Å². The molecule has 3 rings (SSSR count). The van der Waals surface area contributed by atoms with Crippen LogP contribution in [0.5, 0.6) is 0 Å². The summed E-state index contributed by atoms with van der Waals surface area (Å²) in [4.78, 5) is 28.3. The normalized spacial score (nSPS) is 30.8. The summed E-state index contributed by atoms with van der Waals surface area (Å²) < 4.78 is 5.43. The molecule has 2 heterocycles. The van der Waals surface area contributed by atoms with Crippen molar-refractivity contribution in [2.75, 3.05) is 6.54 Å². The fraction of sp³-hybridized carbons (Fsp3) is 0.857. The maximum atomic E-state index is 12.4. The van der Waals surface area contributed by atoms with E-state index in [1.54, 1.807) is 4.90 Å². The monoisotopic (exact) mass is 266 g/mol. The fourth-order valence-corrected chi connectivity index (χ4v) is 3.12. The summed E-state index contributed by atoms with van der Waals surface area (Å²) in [5.41, 5.74) is -0.507. The van der Waals surface area contributed by atoms with E-state index in [1.165, 1.54) is 0 Å². The second-order valence-corrected chi connectivity index (χ2v) is 6.86. The molecule has 5 heteroatoms. The molecule has 0 aromatic rings. The number of amides is 2. The number of fused-ring (bicyclic) bond motifs is 2. The van der Waals surface area contributed by atoms with Gasteiger partial charge < -0.3 is 9.64 Å². The number of ether oxygens (including phenoxy) is 1. The SMILES string of the molecule is CC(C)(C)OC(=O)N1C2CCC1C(=O)N(C1CC1)C2. The first-order chi connectivity index (χ1) is 8.87. The predicted octanol–water partition coefficient (Wildman–Crippen LogP) is 1.76. The molecule has 19 heavy (non-hydrogen) atoms. The van der Waals surface area contributed by atoms with Gasteiger partial charge in [0.05, 0.1) is 6.04 Å². The Hall–Kier alpha value is -1.26. The van der Waals surface area contributed by atoms with Gasteiger partial charge in [-0.3, -0.25) is 9.69 Å². The molecule has 2 atom stereocenters. The molecule has 5 nitrogen and oxygen atoms in total. The summed E-state index contributed by atoms with van der Waals surface area (Å²) in [6.45, 7) is 6.26. The van der Waals surface area contributed by atoms with Crippen LogP contribution in [0.2, 0.25) is 0 Å². The van der Waals surface area contributed by atoms with E-state index in [0.717, 1.165) is 25.7 Å². The van der Waals surface area contributed by atoms with E-state index in [9.17, 15) is 9.59 Å². The van der Waals surface area contributed by atoms with Crippen LogP contribution in [0.4, 0.5) is 4.79 Å². The van der Waals surface area contributed by atoms with Crippen LogP contribution in [0, 0.1) is 0 Å². The minimum Gasteiger partial charge on any atom is -0.444 e.